The van der Waals surface area contributed by atoms with Crippen LogP contribution in [0.4, 0.5) is 11.4 Å². The fourth-order valence-corrected chi connectivity index (χ4v) is 6.27. The quantitative estimate of drug-likeness (QED) is 0.693. The lowest BCUT2D eigenvalue weighted by Crippen LogP contribution is -2.51. The highest BCUT2D eigenvalue weighted by Crippen LogP contribution is 2.63. The first-order chi connectivity index (χ1) is 14.3. The summed E-state index contributed by atoms with van der Waals surface area (Å²) in [6.07, 6.45) is 0.909. The number of nitrogens with one attached hydrogen (secondary N) is 1. The van der Waals surface area contributed by atoms with Crippen molar-refractivity contribution < 1.29 is 4.79 Å². The van der Waals surface area contributed by atoms with Gasteiger partial charge in [-0.15, -0.1) is 0 Å². The molecule has 1 N–H and O–H groups in total. The van der Waals surface area contributed by atoms with Gasteiger partial charge in [0.2, 0.25) is 5.78 Å². The monoisotopic (exact) mass is 377 g/mol. The van der Waals surface area contributed by atoms with E-state index in [9.17, 15) is 4.79 Å². The molecule has 3 aromatic carbocycles. The molecule has 1 spiro atoms. The van der Waals surface area contributed by atoms with E-state index < -0.39 is 5.54 Å². The Morgan fingerprint density at radius 1 is 0.931 bits per heavy atom. The molecule has 3 aromatic rings. The Morgan fingerprint density at radius 2 is 1.69 bits per heavy atom. The Hall–Kier alpha value is -3.40. The van der Waals surface area contributed by atoms with Crippen LogP contribution in [0.2, 0.25) is 0 Å². The van der Waals surface area contributed by atoms with Gasteiger partial charge in [-0.2, -0.15) is 0 Å². The van der Waals surface area contributed by atoms with Crippen molar-refractivity contribution >= 4 is 22.9 Å². The fourth-order valence-electron chi connectivity index (χ4n) is 6.27. The minimum absolute atomic E-state index is 0.0195. The molecule has 29 heavy (non-hydrogen) atoms. The summed E-state index contributed by atoms with van der Waals surface area (Å²) in [7, 11) is 0. The number of benzene rings is 3. The van der Waals surface area contributed by atoms with Crippen LogP contribution >= 0.6 is 0 Å². The first-order valence-electron chi connectivity index (χ1n) is 10.2. The van der Waals surface area contributed by atoms with Gasteiger partial charge in [0.1, 0.15) is 6.17 Å². The van der Waals surface area contributed by atoms with Crippen LogP contribution in [0, 0.1) is 0 Å². The van der Waals surface area contributed by atoms with Gasteiger partial charge >= 0.3 is 0 Å². The summed E-state index contributed by atoms with van der Waals surface area (Å²) in [5.74, 6) is 0.146. The molecular weight excluding hydrogens is 358 g/mol. The van der Waals surface area contributed by atoms with E-state index in [-0.39, 0.29) is 17.4 Å². The summed E-state index contributed by atoms with van der Waals surface area (Å²) in [4.78, 5) is 21.5. The largest absolute Gasteiger partial charge is 0.364 e. The van der Waals surface area contributed by atoms with Gasteiger partial charge < -0.3 is 10.2 Å². The summed E-state index contributed by atoms with van der Waals surface area (Å²) in [5.41, 5.74) is 5.11. The minimum Gasteiger partial charge on any atom is -0.364 e. The van der Waals surface area contributed by atoms with Crippen molar-refractivity contribution in [2.75, 3.05) is 16.8 Å². The smallest absolute Gasteiger partial charge is 0.201 e. The van der Waals surface area contributed by atoms with Gasteiger partial charge in [-0.05, 0) is 35.7 Å². The van der Waals surface area contributed by atoms with Gasteiger partial charge in [0.15, 0.2) is 5.54 Å². The van der Waals surface area contributed by atoms with Crippen molar-refractivity contribution in [3.05, 3.63) is 95.6 Å². The number of para-hydroxylation sites is 2. The zero-order chi connectivity index (χ0) is 19.2. The second kappa shape index (κ2) is 4.95. The molecule has 4 aliphatic heterocycles. The third-order valence-electron chi connectivity index (χ3n) is 7.26. The molecule has 0 saturated carbocycles. The number of carbonyl (C=O) groups is 1. The Labute approximate surface area is 168 Å². The molecule has 0 radical (unpaired) electrons. The van der Waals surface area contributed by atoms with Gasteiger partial charge in [-0.25, -0.2) is 0 Å². The molecule has 3 atom stereocenters. The molecule has 1 fully saturated rings. The molecule has 4 aliphatic rings. The molecule has 0 aromatic heterocycles. The summed E-state index contributed by atoms with van der Waals surface area (Å²) in [6, 6.07) is 26.8. The summed E-state index contributed by atoms with van der Waals surface area (Å²) >= 11 is 0. The van der Waals surface area contributed by atoms with E-state index in [4.69, 9.17) is 4.99 Å². The van der Waals surface area contributed by atoms with Crippen molar-refractivity contribution in [1.82, 2.24) is 0 Å². The van der Waals surface area contributed by atoms with Crippen molar-refractivity contribution in [3.63, 3.8) is 0 Å². The molecule has 7 rings (SSSR count). The number of carbonyl (C=O) groups excluding carboxylic acids is 1. The zero-order valence-electron chi connectivity index (χ0n) is 15.8. The lowest BCUT2D eigenvalue weighted by molar-refractivity contribution is 0.0945. The predicted molar refractivity (Wildman–Crippen MR) is 114 cm³/mol. The van der Waals surface area contributed by atoms with Gasteiger partial charge in [0.25, 0.3) is 0 Å². The normalized spacial score (nSPS) is 30.2. The van der Waals surface area contributed by atoms with E-state index in [1.54, 1.807) is 0 Å². The molecule has 140 valence electrons. The van der Waals surface area contributed by atoms with Gasteiger partial charge in [-0.1, -0.05) is 60.7 Å². The van der Waals surface area contributed by atoms with Gasteiger partial charge in [-0.3, -0.25) is 9.79 Å². The van der Waals surface area contributed by atoms with Crippen LogP contribution in [0.25, 0.3) is 0 Å². The predicted octanol–water partition coefficient (Wildman–Crippen LogP) is 4.13. The maximum absolute atomic E-state index is 14.1. The highest BCUT2D eigenvalue weighted by Gasteiger charge is 2.74. The lowest BCUT2D eigenvalue weighted by Gasteiger charge is -2.36. The number of fused-ring (bicyclic) bond motifs is 6. The zero-order valence-corrected chi connectivity index (χ0v) is 15.8. The lowest BCUT2D eigenvalue weighted by atomic mass is 9.69. The number of aliphatic imine (C=N–C) groups is 1. The van der Waals surface area contributed by atoms with Crippen LogP contribution in [-0.4, -0.2) is 24.2 Å². The molecule has 0 bridgehead atoms. The third-order valence-corrected chi connectivity index (χ3v) is 7.26. The van der Waals surface area contributed by atoms with Crippen LogP contribution in [0.3, 0.4) is 0 Å². The second-order valence-corrected chi connectivity index (χ2v) is 8.34. The number of Topliss-reactive ketones (excluding diaryl/α,β-unsaturated/α-hetero) is 1. The third kappa shape index (κ3) is 1.50. The van der Waals surface area contributed by atoms with Crippen LogP contribution in [0.5, 0.6) is 0 Å². The van der Waals surface area contributed by atoms with Crippen LogP contribution in [-0.2, 0) is 11.0 Å². The summed E-state index contributed by atoms with van der Waals surface area (Å²) in [6.45, 7) is 0.758. The fraction of sp³-hybridized carbons (Fsp3) is 0.200. The molecular formula is C25H19N3O. The van der Waals surface area contributed by atoms with E-state index in [1.807, 2.05) is 36.4 Å². The molecule has 0 unspecified atom stereocenters. The number of ketones is 1. The molecule has 0 amide bonds. The average molecular weight is 377 g/mol. The van der Waals surface area contributed by atoms with Crippen LogP contribution in [0.15, 0.2) is 83.9 Å². The number of rotatable bonds is 1. The SMILES string of the molecule is O=C1c2ccccc2N2[C@H]3Nc4ccccc4[C@]34CCN=C4[C@]12c1ccccc1. The highest BCUT2D eigenvalue weighted by atomic mass is 16.1. The number of anilines is 2. The van der Waals surface area contributed by atoms with E-state index >= 15 is 0 Å². The number of nitrogens with zero attached hydrogens (tertiary/aromatic N) is 2. The Balaban J connectivity index is 1.61. The Morgan fingerprint density at radius 3 is 2.59 bits per heavy atom. The van der Waals surface area contributed by atoms with Crippen molar-refractivity contribution in [2.45, 2.75) is 23.5 Å². The van der Waals surface area contributed by atoms with Crippen LogP contribution < -0.4 is 10.2 Å². The molecule has 4 heterocycles. The van der Waals surface area contributed by atoms with E-state index in [2.05, 4.69) is 52.7 Å². The maximum atomic E-state index is 14.1. The van der Waals surface area contributed by atoms with Crippen molar-refractivity contribution in [2.24, 2.45) is 4.99 Å². The minimum atomic E-state index is -0.868. The summed E-state index contributed by atoms with van der Waals surface area (Å²) in [5, 5.41) is 3.78. The van der Waals surface area contributed by atoms with E-state index in [0.717, 1.165) is 41.2 Å². The van der Waals surface area contributed by atoms with Gasteiger partial charge in [0, 0.05) is 17.8 Å². The van der Waals surface area contributed by atoms with Crippen LogP contribution in [0.1, 0.15) is 27.9 Å². The molecule has 4 heteroatoms. The molecule has 0 aliphatic carbocycles. The average Bonchev–Trinajstić information content (AvgIpc) is 3.46. The highest BCUT2D eigenvalue weighted by molar-refractivity contribution is 6.33. The van der Waals surface area contributed by atoms with Crippen molar-refractivity contribution in [3.8, 4) is 0 Å². The standard InChI is InChI=1S/C25H19N3O/c29-21-17-10-4-7-13-20(17)28-23-24(18-11-5-6-12-19(18)27-23)14-15-26-22(24)25(21,28)16-8-2-1-3-9-16/h1-13,23,27H,14-15H2/t23-,24+,25+/m1/s1. The van der Waals surface area contributed by atoms with E-state index in [0.29, 0.717) is 0 Å². The second-order valence-electron chi connectivity index (χ2n) is 8.34. The Kier molecular flexibility index (Phi) is 2.65. The van der Waals surface area contributed by atoms with Crippen molar-refractivity contribution in [1.29, 1.82) is 0 Å². The van der Waals surface area contributed by atoms with Gasteiger partial charge in [0.05, 0.1) is 16.8 Å². The maximum Gasteiger partial charge on any atom is 0.201 e. The summed E-state index contributed by atoms with van der Waals surface area (Å²) < 4.78 is 0. The number of hydrogen-bond donors (Lipinski definition) is 1. The Bertz CT molecular complexity index is 1230. The first kappa shape index (κ1) is 15.5. The van der Waals surface area contributed by atoms with E-state index in [1.165, 1.54) is 5.56 Å². The first-order valence-corrected chi connectivity index (χ1v) is 10.2. The molecule has 4 nitrogen and oxygen atoms in total. The topological polar surface area (TPSA) is 44.7 Å². The molecule has 1 saturated heterocycles. The number of hydrogen-bond acceptors (Lipinski definition) is 4.